The largest absolute Gasteiger partial charge is 0.286 e. The second-order valence-electron chi connectivity index (χ2n) is 4.60. The molecule has 0 radical (unpaired) electrons. The number of aromatic nitrogens is 1. The molecule has 1 aromatic heterocycles. The average molecular weight is 260 g/mol. The van der Waals surface area contributed by atoms with Crippen LogP contribution in [0.3, 0.4) is 0 Å². The molecule has 3 nitrogen and oxygen atoms in total. The van der Waals surface area contributed by atoms with E-state index in [-0.39, 0.29) is 5.91 Å². The van der Waals surface area contributed by atoms with E-state index >= 15 is 0 Å². The lowest BCUT2D eigenvalue weighted by molar-refractivity contribution is 0.0919. The quantitative estimate of drug-likeness (QED) is 0.709. The van der Waals surface area contributed by atoms with E-state index in [0.29, 0.717) is 12.0 Å². The van der Waals surface area contributed by atoms with E-state index in [0.717, 1.165) is 16.5 Å². The van der Waals surface area contributed by atoms with Gasteiger partial charge in [0.05, 0.1) is 17.5 Å². The zero-order valence-electron chi connectivity index (χ0n) is 10.8. The summed E-state index contributed by atoms with van der Waals surface area (Å²) in [6.45, 7) is 0. The average Bonchev–Trinajstić information content (AvgIpc) is 2.87. The number of fused-ring (bicyclic) bond motifs is 1. The number of carbonyl (C=O) groups excluding carboxylic acids is 1. The Morgan fingerprint density at radius 2 is 1.75 bits per heavy atom. The minimum Gasteiger partial charge on any atom is -0.286 e. The van der Waals surface area contributed by atoms with Crippen LogP contribution in [0.5, 0.6) is 0 Å². The van der Waals surface area contributed by atoms with Crippen LogP contribution in [0.25, 0.3) is 10.9 Å². The van der Waals surface area contributed by atoms with Gasteiger partial charge >= 0.3 is 0 Å². The summed E-state index contributed by atoms with van der Waals surface area (Å²) in [5.41, 5.74) is 2.28. The first-order valence-electron chi connectivity index (χ1n) is 6.37. The van der Waals surface area contributed by atoms with Crippen molar-refractivity contribution in [3.8, 4) is 6.07 Å². The molecule has 0 saturated heterocycles. The third-order valence-electron chi connectivity index (χ3n) is 3.30. The van der Waals surface area contributed by atoms with Gasteiger partial charge < -0.3 is 0 Å². The fraction of sp³-hybridized carbons (Fsp3) is 0.0588. The van der Waals surface area contributed by atoms with Crippen LogP contribution in [0.15, 0.2) is 60.8 Å². The Morgan fingerprint density at radius 1 is 1.05 bits per heavy atom. The maximum absolute atomic E-state index is 12.4. The van der Waals surface area contributed by atoms with Crippen LogP contribution >= 0.6 is 0 Å². The van der Waals surface area contributed by atoms with Crippen LogP contribution in [0.2, 0.25) is 0 Å². The van der Waals surface area contributed by atoms with E-state index in [4.69, 9.17) is 5.26 Å². The number of nitrogens with zero attached hydrogens (tertiary/aromatic N) is 2. The Balaban J connectivity index is 2.02. The summed E-state index contributed by atoms with van der Waals surface area (Å²) < 4.78 is 1.57. The SMILES string of the molecule is N#Cc1cn(C(=O)Cc2ccccc2)c2ccccc12. The van der Waals surface area contributed by atoms with Crippen molar-refractivity contribution < 1.29 is 4.79 Å². The molecule has 0 fully saturated rings. The number of benzene rings is 2. The Morgan fingerprint density at radius 3 is 2.50 bits per heavy atom. The van der Waals surface area contributed by atoms with Crippen LogP contribution in [-0.2, 0) is 6.42 Å². The van der Waals surface area contributed by atoms with Crippen molar-refractivity contribution in [2.24, 2.45) is 0 Å². The summed E-state index contributed by atoms with van der Waals surface area (Å²) in [5.74, 6) is -0.0334. The highest BCUT2D eigenvalue weighted by Crippen LogP contribution is 2.21. The van der Waals surface area contributed by atoms with Crippen LogP contribution in [0.1, 0.15) is 15.9 Å². The van der Waals surface area contributed by atoms with Crippen LogP contribution in [0.4, 0.5) is 0 Å². The smallest absolute Gasteiger partial charge is 0.235 e. The molecule has 0 aliphatic carbocycles. The Bertz CT molecular complexity index is 810. The van der Waals surface area contributed by atoms with Crippen molar-refractivity contribution in [3.63, 3.8) is 0 Å². The molecule has 96 valence electrons. The second kappa shape index (κ2) is 5.02. The lowest BCUT2D eigenvalue weighted by atomic mass is 10.1. The van der Waals surface area contributed by atoms with Gasteiger partial charge in [0.2, 0.25) is 5.91 Å². The predicted molar refractivity (Wildman–Crippen MR) is 77.4 cm³/mol. The topological polar surface area (TPSA) is 45.8 Å². The minimum absolute atomic E-state index is 0.0334. The molecular weight excluding hydrogens is 248 g/mol. The first kappa shape index (κ1) is 12.2. The molecule has 0 spiro atoms. The van der Waals surface area contributed by atoms with Crippen molar-refractivity contribution >= 4 is 16.8 Å². The number of hydrogen-bond donors (Lipinski definition) is 0. The number of carbonyl (C=O) groups is 1. The predicted octanol–water partition coefficient (Wildman–Crippen LogP) is 3.40. The summed E-state index contributed by atoms with van der Waals surface area (Å²) in [5, 5.41) is 9.96. The molecule has 0 N–H and O–H groups in total. The zero-order chi connectivity index (χ0) is 13.9. The molecule has 0 saturated carbocycles. The third-order valence-corrected chi connectivity index (χ3v) is 3.30. The first-order chi connectivity index (χ1) is 9.79. The van der Waals surface area contributed by atoms with Crippen molar-refractivity contribution in [2.45, 2.75) is 6.42 Å². The van der Waals surface area contributed by atoms with E-state index in [9.17, 15) is 4.79 Å². The Kier molecular flexibility index (Phi) is 3.06. The van der Waals surface area contributed by atoms with Crippen molar-refractivity contribution in [2.75, 3.05) is 0 Å². The summed E-state index contributed by atoms with van der Waals surface area (Å²) in [7, 11) is 0. The Labute approximate surface area is 116 Å². The van der Waals surface area contributed by atoms with E-state index in [1.54, 1.807) is 10.8 Å². The summed E-state index contributed by atoms with van der Waals surface area (Å²) in [4.78, 5) is 12.4. The molecule has 20 heavy (non-hydrogen) atoms. The minimum atomic E-state index is -0.0334. The molecule has 3 rings (SSSR count). The molecule has 1 heterocycles. The molecule has 0 atom stereocenters. The van der Waals surface area contributed by atoms with Crippen molar-refractivity contribution in [1.82, 2.24) is 4.57 Å². The summed E-state index contributed by atoms with van der Waals surface area (Å²) >= 11 is 0. The highest BCUT2D eigenvalue weighted by atomic mass is 16.2. The normalized spacial score (nSPS) is 10.3. The van der Waals surface area contributed by atoms with Crippen molar-refractivity contribution in [3.05, 3.63) is 71.9 Å². The maximum Gasteiger partial charge on any atom is 0.235 e. The first-order valence-corrected chi connectivity index (χ1v) is 6.37. The van der Waals surface area contributed by atoms with Crippen LogP contribution in [-0.4, -0.2) is 10.5 Å². The van der Waals surface area contributed by atoms with E-state index in [1.165, 1.54) is 0 Å². The van der Waals surface area contributed by atoms with Crippen LogP contribution in [0, 0.1) is 11.3 Å². The van der Waals surface area contributed by atoms with Gasteiger partial charge in [-0.3, -0.25) is 9.36 Å². The fourth-order valence-corrected chi connectivity index (χ4v) is 2.33. The van der Waals surface area contributed by atoms with Gasteiger partial charge in [-0.1, -0.05) is 48.5 Å². The van der Waals surface area contributed by atoms with Gasteiger partial charge in [-0.2, -0.15) is 5.26 Å². The van der Waals surface area contributed by atoms with Crippen molar-refractivity contribution in [1.29, 1.82) is 5.26 Å². The highest BCUT2D eigenvalue weighted by Gasteiger charge is 2.13. The number of nitriles is 1. The van der Waals surface area contributed by atoms with Gasteiger partial charge in [-0.15, -0.1) is 0 Å². The lowest BCUT2D eigenvalue weighted by Crippen LogP contribution is -2.12. The number of para-hydroxylation sites is 1. The summed E-state index contributed by atoms with van der Waals surface area (Å²) in [6.07, 6.45) is 1.94. The van der Waals surface area contributed by atoms with Crippen LogP contribution < -0.4 is 0 Å². The number of hydrogen-bond acceptors (Lipinski definition) is 2. The molecule has 3 aromatic rings. The van der Waals surface area contributed by atoms with Gasteiger partial charge in [0, 0.05) is 11.6 Å². The lowest BCUT2D eigenvalue weighted by Gasteiger charge is -2.04. The monoisotopic (exact) mass is 260 g/mol. The highest BCUT2D eigenvalue weighted by molar-refractivity contribution is 5.96. The molecule has 0 bridgehead atoms. The summed E-state index contributed by atoms with van der Waals surface area (Å²) in [6, 6.07) is 19.2. The molecule has 0 aliphatic rings. The van der Waals surface area contributed by atoms with Gasteiger partial charge in [0.25, 0.3) is 0 Å². The van der Waals surface area contributed by atoms with E-state index < -0.39 is 0 Å². The van der Waals surface area contributed by atoms with E-state index in [1.807, 2.05) is 54.6 Å². The van der Waals surface area contributed by atoms with Gasteiger partial charge in [-0.05, 0) is 11.6 Å². The fourth-order valence-electron chi connectivity index (χ4n) is 2.33. The molecule has 3 heteroatoms. The Hall–Kier alpha value is -2.86. The molecule has 0 aliphatic heterocycles. The second-order valence-corrected chi connectivity index (χ2v) is 4.60. The van der Waals surface area contributed by atoms with Gasteiger partial charge in [-0.25, -0.2) is 0 Å². The number of rotatable bonds is 2. The van der Waals surface area contributed by atoms with Gasteiger partial charge in [0.1, 0.15) is 6.07 Å². The van der Waals surface area contributed by atoms with E-state index in [2.05, 4.69) is 6.07 Å². The molecule has 0 amide bonds. The third kappa shape index (κ3) is 2.08. The molecule has 2 aromatic carbocycles. The standard InChI is InChI=1S/C17H12N2O/c18-11-14-12-19(16-9-5-4-8-15(14)16)17(20)10-13-6-2-1-3-7-13/h1-9,12H,10H2. The molecule has 0 unspecified atom stereocenters. The zero-order valence-corrected chi connectivity index (χ0v) is 10.8. The maximum atomic E-state index is 12.4. The molecular formula is C17H12N2O. The van der Waals surface area contributed by atoms with Gasteiger partial charge in [0.15, 0.2) is 0 Å².